The molecule has 1 aromatic rings. The minimum atomic E-state index is -4.36. The molecule has 23 heavy (non-hydrogen) atoms. The van der Waals surface area contributed by atoms with Gasteiger partial charge in [-0.2, -0.15) is 13.2 Å². The zero-order valence-electron chi connectivity index (χ0n) is 13.4. The van der Waals surface area contributed by atoms with Crippen molar-refractivity contribution in [1.82, 2.24) is 10.6 Å². The highest BCUT2D eigenvalue weighted by atomic mass is 127. The molecule has 0 unspecified atom stereocenters. The summed E-state index contributed by atoms with van der Waals surface area (Å²) in [7, 11) is 0. The highest BCUT2D eigenvalue weighted by Crippen LogP contribution is 2.31. The third kappa shape index (κ3) is 8.87. The monoisotopic (exact) mass is 445 g/mol. The van der Waals surface area contributed by atoms with E-state index >= 15 is 0 Å². The second-order valence-corrected chi connectivity index (χ2v) is 4.93. The van der Waals surface area contributed by atoms with Crippen LogP contribution in [0.5, 0.6) is 5.75 Å². The number of alkyl halides is 3. The topological polar surface area (TPSA) is 45.7 Å². The van der Waals surface area contributed by atoms with Gasteiger partial charge >= 0.3 is 6.18 Å². The summed E-state index contributed by atoms with van der Waals surface area (Å²) < 4.78 is 43.0. The fraction of sp³-hybridized carbons (Fsp3) is 0.533. The maximum absolute atomic E-state index is 12.6. The van der Waals surface area contributed by atoms with Gasteiger partial charge in [0.15, 0.2) is 5.96 Å². The fourth-order valence-electron chi connectivity index (χ4n) is 1.68. The van der Waals surface area contributed by atoms with Crippen LogP contribution in [0.15, 0.2) is 29.3 Å². The van der Waals surface area contributed by atoms with Crippen LogP contribution in [0.4, 0.5) is 13.2 Å². The zero-order valence-corrected chi connectivity index (χ0v) is 15.7. The molecule has 0 spiro atoms. The maximum Gasteiger partial charge on any atom is 0.416 e. The summed E-state index contributed by atoms with van der Waals surface area (Å²) in [4.78, 5) is 4.29. The summed E-state index contributed by atoms with van der Waals surface area (Å²) >= 11 is 0. The number of hydrogen-bond donors (Lipinski definition) is 2. The molecule has 0 saturated heterocycles. The Bertz CT molecular complexity index is 493. The highest BCUT2D eigenvalue weighted by molar-refractivity contribution is 14.0. The van der Waals surface area contributed by atoms with Crippen LogP contribution in [-0.2, 0) is 6.18 Å². The van der Waals surface area contributed by atoms with E-state index in [0.717, 1.165) is 18.7 Å². The first-order chi connectivity index (χ1) is 10.3. The van der Waals surface area contributed by atoms with Crippen LogP contribution in [0, 0.1) is 0 Å². The Morgan fingerprint density at radius 2 is 2.00 bits per heavy atom. The van der Waals surface area contributed by atoms with E-state index in [9.17, 15) is 13.2 Å². The number of halogens is 4. The molecule has 0 radical (unpaired) electrons. The van der Waals surface area contributed by atoms with Gasteiger partial charge in [-0.15, -0.1) is 24.0 Å². The third-order valence-electron chi connectivity index (χ3n) is 2.56. The van der Waals surface area contributed by atoms with Gasteiger partial charge in [0.1, 0.15) is 12.4 Å². The molecule has 0 heterocycles. The number of benzene rings is 1. The van der Waals surface area contributed by atoms with Gasteiger partial charge in [-0.25, -0.2) is 4.99 Å². The summed E-state index contributed by atoms with van der Waals surface area (Å²) in [5.41, 5.74) is -0.719. The molecule has 0 aliphatic carbocycles. The van der Waals surface area contributed by atoms with E-state index in [1.54, 1.807) is 0 Å². The van der Waals surface area contributed by atoms with Crippen LogP contribution in [0.3, 0.4) is 0 Å². The van der Waals surface area contributed by atoms with E-state index in [1.807, 2.05) is 20.8 Å². The van der Waals surface area contributed by atoms with E-state index < -0.39 is 11.7 Å². The minimum absolute atomic E-state index is 0. The zero-order chi connectivity index (χ0) is 16.6. The molecule has 4 nitrogen and oxygen atoms in total. The van der Waals surface area contributed by atoms with Crippen molar-refractivity contribution in [1.29, 1.82) is 0 Å². The maximum atomic E-state index is 12.6. The number of nitrogens with one attached hydrogen (secondary N) is 2. The molecular formula is C15H23F3IN3O. The van der Waals surface area contributed by atoms with E-state index in [0.29, 0.717) is 12.5 Å². The van der Waals surface area contributed by atoms with Crippen LogP contribution < -0.4 is 15.4 Å². The molecule has 0 aliphatic heterocycles. The highest BCUT2D eigenvalue weighted by Gasteiger charge is 2.30. The van der Waals surface area contributed by atoms with Crippen LogP contribution in [0.25, 0.3) is 0 Å². The van der Waals surface area contributed by atoms with Crippen LogP contribution in [0.2, 0.25) is 0 Å². The van der Waals surface area contributed by atoms with Gasteiger partial charge in [0.2, 0.25) is 0 Å². The van der Waals surface area contributed by atoms with E-state index in [2.05, 4.69) is 15.6 Å². The van der Waals surface area contributed by atoms with Crippen molar-refractivity contribution in [2.45, 2.75) is 33.0 Å². The van der Waals surface area contributed by atoms with Crippen molar-refractivity contribution in [3.8, 4) is 5.75 Å². The van der Waals surface area contributed by atoms with Gasteiger partial charge < -0.3 is 15.4 Å². The molecule has 0 aromatic heterocycles. The molecule has 0 saturated carbocycles. The number of rotatable bonds is 6. The molecule has 0 fully saturated rings. The lowest BCUT2D eigenvalue weighted by atomic mass is 10.2. The Balaban J connectivity index is 0.00000484. The minimum Gasteiger partial charge on any atom is -0.492 e. The predicted octanol–water partition coefficient (Wildman–Crippen LogP) is 3.67. The van der Waals surface area contributed by atoms with E-state index in [1.165, 1.54) is 12.1 Å². The molecule has 2 N–H and O–H groups in total. The third-order valence-corrected chi connectivity index (χ3v) is 2.56. The molecule has 0 atom stereocenters. The quantitative estimate of drug-likeness (QED) is 0.304. The van der Waals surface area contributed by atoms with Gasteiger partial charge in [-0.05, 0) is 39.0 Å². The lowest BCUT2D eigenvalue weighted by Crippen LogP contribution is -2.41. The van der Waals surface area contributed by atoms with Crippen molar-refractivity contribution >= 4 is 29.9 Å². The van der Waals surface area contributed by atoms with Crippen molar-refractivity contribution in [2.75, 3.05) is 19.7 Å². The normalized spacial score (nSPS) is 11.9. The summed E-state index contributed by atoms with van der Waals surface area (Å²) in [5, 5.41) is 6.22. The fourth-order valence-corrected chi connectivity index (χ4v) is 1.68. The molecule has 132 valence electrons. The number of ether oxygens (including phenoxy) is 1. The second kappa shape index (κ2) is 10.6. The molecule has 1 rings (SSSR count). The first-order valence-electron chi connectivity index (χ1n) is 7.17. The molecule has 1 aromatic carbocycles. The molecule has 0 amide bonds. The van der Waals surface area contributed by atoms with Crippen LogP contribution in [-0.4, -0.2) is 31.7 Å². The number of guanidine groups is 1. The number of aliphatic imine (C=N–C) groups is 1. The van der Waals surface area contributed by atoms with Gasteiger partial charge in [0.25, 0.3) is 0 Å². The Labute approximate surface area is 151 Å². The SMILES string of the molecule is CCNC(=NCCOc1cccc(C(F)(F)F)c1)NC(C)C.I. The molecule has 8 heteroatoms. The predicted molar refractivity (Wildman–Crippen MR) is 96.6 cm³/mol. The summed E-state index contributed by atoms with van der Waals surface area (Å²) in [6.07, 6.45) is -4.36. The lowest BCUT2D eigenvalue weighted by molar-refractivity contribution is -0.137. The van der Waals surface area contributed by atoms with Crippen molar-refractivity contribution in [2.24, 2.45) is 4.99 Å². The van der Waals surface area contributed by atoms with E-state index in [-0.39, 0.29) is 42.4 Å². The van der Waals surface area contributed by atoms with Crippen molar-refractivity contribution in [3.05, 3.63) is 29.8 Å². The van der Waals surface area contributed by atoms with Crippen molar-refractivity contribution < 1.29 is 17.9 Å². The van der Waals surface area contributed by atoms with Gasteiger partial charge in [-0.3, -0.25) is 0 Å². The first-order valence-corrected chi connectivity index (χ1v) is 7.17. The van der Waals surface area contributed by atoms with Crippen LogP contribution in [0.1, 0.15) is 26.3 Å². The smallest absolute Gasteiger partial charge is 0.416 e. The summed E-state index contributed by atoms with van der Waals surface area (Å²) in [6, 6.07) is 5.06. The van der Waals surface area contributed by atoms with Gasteiger partial charge in [0, 0.05) is 12.6 Å². The van der Waals surface area contributed by atoms with Gasteiger partial charge in [0.05, 0.1) is 12.1 Å². The Morgan fingerprint density at radius 3 is 2.57 bits per heavy atom. The standard InChI is InChI=1S/C15H22F3N3O.HI/c1-4-19-14(21-11(2)3)20-8-9-22-13-7-5-6-12(10-13)15(16,17)18;/h5-7,10-11H,4,8-9H2,1-3H3,(H2,19,20,21);1H. The van der Waals surface area contributed by atoms with Gasteiger partial charge in [-0.1, -0.05) is 6.07 Å². The number of nitrogens with zero attached hydrogens (tertiary/aromatic N) is 1. The molecule has 0 bridgehead atoms. The lowest BCUT2D eigenvalue weighted by Gasteiger charge is -2.14. The van der Waals surface area contributed by atoms with E-state index in [4.69, 9.17) is 4.74 Å². The largest absolute Gasteiger partial charge is 0.492 e. The second-order valence-electron chi connectivity index (χ2n) is 4.93. The average Bonchev–Trinajstić information content (AvgIpc) is 2.42. The van der Waals surface area contributed by atoms with Crippen LogP contribution >= 0.6 is 24.0 Å². The molecule has 0 aliphatic rings. The Morgan fingerprint density at radius 1 is 1.30 bits per heavy atom. The van der Waals surface area contributed by atoms with Crippen molar-refractivity contribution in [3.63, 3.8) is 0 Å². The first kappa shape index (κ1) is 21.8. The Kier molecular flexibility index (Phi) is 10.0. The average molecular weight is 445 g/mol. The summed E-state index contributed by atoms with van der Waals surface area (Å²) in [5.74, 6) is 0.844. The number of hydrogen-bond acceptors (Lipinski definition) is 2. The Hall–Kier alpha value is -1.19. The summed E-state index contributed by atoms with van der Waals surface area (Å²) in [6.45, 7) is 7.22. The molecular weight excluding hydrogens is 422 g/mol.